The summed E-state index contributed by atoms with van der Waals surface area (Å²) in [6.45, 7) is 0. The van der Waals surface area contributed by atoms with Crippen molar-refractivity contribution in [2.75, 3.05) is 0 Å². The third-order valence-corrected chi connectivity index (χ3v) is 5.41. The van der Waals surface area contributed by atoms with Gasteiger partial charge >= 0.3 is 0 Å². The van der Waals surface area contributed by atoms with Gasteiger partial charge in [-0.25, -0.2) is 0 Å². The van der Waals surface area contributed by atoms with Gasteiger partial charge in [0, 0.05) is 12.1 Å². The largest absolute Gasteiger partial charge is 0.398 e. The Kier molecular flexibility index (Phi) is 4.84. The van der Waals surface area contributed by atoms with E-state index in [0.29, 0.717) is 5.70 Å². The zero-order valence-electron chi connectivity index (χ0n) is 11.8. The second-order valence-electron chi connectivity index (χ2n) is 4.98. The van der Waals surface area contributed by atoms with E-state index in [1.54, 1.807) is 6.08 Å². The predicted molar refractivity (Wildman–Crippen MR) is 82.3 cm³/mol. The van der Waals surface area contributed by atoms with Crippen LogP contribution >= 0.6 is 0 Å². The van der Waals surface area contributed by atoms with Crippen LogP contribution in [0.4, 0.5) is 0 Å². The molecule has 0 radical (unpaired) electrons. The molecule has 2 aliphatic rings. The first kappa shape index (κ1) is 17.5. The van der Waals surface area contributed by atoms with Crippen LogP contribution in [0.5, 0.6) is 0 Å². The lowest BCUT2D eigenvalue weighted by atomic mass is 10.1. The topological polar surface area (TPSA) is 159 Å². The van der Waals surface area contributed by atoms with E-state index in [2.05, 4.69) is 10.2 Å². The van der Waals surface area contributed by atoms with E-state index in [1.807, 2.05) is 0 Å². The van der Waals surface area contributed by atoms with Crippen LogP contribution in [0.3, 0.4) is 0 Å². The highest BCUT2D eigenvalue weighted by molar-refractivity contribution is 7.89. The van der Waals surface area contributed by atoms with E-state index in [4.69, 9.17) is 14.8 Å². The van der Waals surface area contributed by atoms with Crippen molar-refractivity contribution in [2.45, 2.75) is 24.1 Å². The number of allylic oxidation sites excluding steroid dienone is 3. The Labute approximate surface area is 133 Å². The van der Waals surface area contributed by atoms with E-state index in [1.165, 1.54) is 24.3 Å². The second-order valence-corrected chi connectivity index (χ2v) is 8.06. The van der Waals surface area contributed by atoms with Crippen molar-refractivity contribution < 1.29 is 25.9 Å². The molecule has 4 N–H and O–H groups in total. The van der Waals surface area contributed by atoms with Gasteiger partial charge in [0.1, 0.15) is 5.25 Å². The molecule has 0 saturated carbocycles. The summed E-state index contributed by atoms with van der Waals surface area (Å²) >= 11 is 0. The fraction of sp³-hybridized carbons (Fsp3) is 0.333. The smallest absolute Gasteiger partial charge is 0.292 e. The quantitative estimate of drug-likeness (QED) is 0.496. The first-order chi connectivity index (χ1) is 10.6. The number of hydrogen-bond donors (Lipinski definition) is 3. The molecule has 0 aliphatic heterocycles. The van der Waals surface area contributed by atoms with Crippen molar-refractivity contribution in [3.63, 3.8) is 0 Å². The molecular weight excluding hydrogens is 346 g/mol. The molecule has 0 fully saturated rings. The number of azo groups is 1. The van der Waals surface area contributed by atoms with Gasteiger partial charge < -0.3 is 5.73 Å². The Balaban J connectivity index is 2.06. The summed E-state index contributed by atoms with van der Waals surface area (Å²) in [4.78, 5) is -0.316. The van der Waals surface area contributed by atoms with E-state index in [-0.39, 0.29) is 23.4 Å². The molecule has 23 heavy (non-hydrogen) atoms. The Morgan fingerprint density at radius 2 is 1.83 bits per heavy atom. The third kappa shape index (κ3) is 4.58. The molecule has 0 aromatic carbocycles. The van der Waals surface area contributed by atoms with Crippen LogP contribution in [-0.4, -0.2) is 37.2 Å². The Bertz CT molecular complexity index is 849. The number of rotatable bonds is 4. The second kappa shape index (κ2) is 6.35. The first-order valence-electron chi connectivity index (χ1n) is 6.47. The molecule has 2 atom stereocenters. The van der Waals surface area contributed by atoms with Crippen LogP contribution in [0.15, 0.2) is 56.9 Å². The van der Waals surface area contributed by atoms with Crippen LogP contribution in [0, 0.1) is 0 Å². The summed E-state index contributed by atoms with van der Waals surface area (Å²) < 4.78 is 62.3. The molecule has 0 spiro atoms. The van der Waals surface area contributed by atoms with Gasteiger partial charge in [0.15, 0.2) is 0 Å². The van der Waals surface area contributed by atoms with Crippen LogP contribution in [0.25, 0.3) is 0 Å². The molecule has 0 bridgehead atoms. The third-order valence-electron chi connectivity index (χ3n) is 3.27. The minimum atomic E-state index is -4.40. The molecule has 2 aliphatic carbocycles. The van der Waals surface area contributed by atoms with E-state index in [0.717, 1.165) is 0 Å². The summed E-state index contributed by atoms with van der Waals surface area (Å²) in [5.74, 6) is 0. The minimum absolute atomic E-state index is 0.0493. The number of nitrogens with two attached hydrogens (primary N) is 1. The standard InChI is InChI=1S/C12H15N3O6S2/c13-11-6-3-9(7-12(11)23(19,20)21)15-14-8-1-4-10(5-2-8)22(16,17)18/h1-4,6,9-10H,5,7,13H2,(H,16,17,18)(H,19,20,21). The Morgan fingerprint density at radius 1 is 1.13 bits per heavy atom. The molecule has 0 heterocycles. The molecule has 2 unspecified atom stereocenters. The van der Waals surface area contributed by atoms with Gasteiger partial charge in [0.25, 0.3) is 20.2 Å². The van der Waals surface area contributed by atoms with Crippen molar-refractivity contribution in [2.24, 2.45) is 16.0 Å². The maximum atomic E-state index is 11.2. The van der Waals surface area contributed by atoms with Gasteiger partial charge in [-0.15, -0.1) is 0 Å². The van der Waals surface area contributed by atoms with Gasteiger partial charge in [0.05, 0.1) is 16.6 Å². The monoisotopic (exact) mass is 361 g/mol. The molecule has 0 aromatic heterocycles. The zero-order valence-corrected chi connectivity index (χ0v) is 13.4. The zero-order chi connectivity index (χ0) is 17.3. The van der Waals surface area contributed by atoms with Gasteiger partial charge in [-0.3, -0.25) is 9.11 Å². The molecule has 2 rings (SSSR count). The van der Waals surface area contributed by atoms with Crippen LogP contribution in [-0.2, 0) is 20.2 Å². The van der Waals surface area contributed by atoms with Crippen LogP contribution in [0.2, 0.25) is 0 Å². The Morgan fingerprint density at radius 3 is 2.35 bits per heavy atom. The first-order valence-corrected chi connectivity index (χ1v) is 9.41. The molecule has 11 heteroatoms. The fourth-order valence-corrected chi connectivity index (χ4v) is 3.41. The summed E-state index contributed by atoms with van der Waals surface area (Å²) in [6.07, 6.45) is 7.00. The van der Waals surface area contributed by atoms with Crippen molar-refractivity contribution in [1.29, 1.82) is 0 Å². The van der Waals surface area contributed by atoms with Gasteiger partial charge in [-0.2, -0.15) is 27.1 Å². The average molecular weight is 361 g/mol. The molecule has 126 valence electrons. The summed E-state index contributed by atoms with van der Waals surface area (Å²) in [5.41, 5.74) is 5.83. The predicted octanol–water partition coefficient (Wildman–Crippen LogP) is 0.925. The lowest BCUT2D eigenvalue weighted by Crippen LogP contribution is -2.19. The van der Waals surface area contributed by atoms with Crippen molar-refractivity contribution in [1.82, 2.24) is 0 Å². The molecule has 0 saturated heterocycles. The van der Waals surface area contributed by atoms with E-state index < -0.39 is 31.5 Å². The maximum Gasteiger partial charge on any atom is 0.292 e. The molecule has 0 aromatic rings. The number of nitrogens with zero attached hydrogens (tertiary/aromatic N) is 2. The van der Waals surface area contributed by atoms with Crippen molar-refractivity contribution in [3.8, 4) is 0 Å². The average Bonchev–Trinajstić information content (AvgIpc) is 2.44. The lowest BCUT2D eigenvalue weighted by molar-refractivity contribution is 0.474. The maximum absolute atomic E-state index is 11.2. The van der Waals surface area contributed by atoms with Gasteiger partial charge in [-0.1, -0.05) is 18.2 Å². The van der Waals surface area contributed by atoms with E-state index in [9.17, 15) is 16.8 Å². The van der Waals surface area contributed by atoms with Gasteiger partial charge in [-0.05, 0) is 18.6 Å². The van der Waals surface area contributed by atoms with Crippen LogP contribution < -0.4 is 5.73 Å². The summed E-state index contributed by atoms with van der Waals surface area (Å²) in [5, 5.41) is 6.82. The van der Waals surface area contributed by atoms with Crippen LogP contribution in [0.1, 0.15) is 12.8 Å². The SMILES string of the molecule is NC1=C(S(=O)(=O)O)CC(N=NC2=CCC(S(=O)(=O)O)C=C2)C=C1. The molecule has 0 amide bonds. The molecule has 9 nitrogen and oxygen atoms in total. The summed E-state index contributed by atoms with van der Waals surface area (Å²) in [6, 6.07) is -0.618. The fourth-order valence-electron chi connectivity index (χ4n) is 2.04. The van der Waals surface area contributed by atoms with Crippen molar-refractivity contribution >= 4 is 20.2 Å². The highest BCUT2D eigenvalue weighted by Crippen LogP contribution is 2.24. The normalized spacial score (nSPS) is 25.9. The number of hydrogen-bond acceptors (Lipinski definition) is 7. The highest BCUT2D eigenvalue weighted by atomic mass is 32.2. The van der Waals surface area contributed by atoms with Gasteiger partial charge in [0.2, 0.25) is 0 Å². The summed E-state index contributed by atoms with van der Waals surface area (Å²) in [7, 11) is -8.54. The minimum Gasteiger partial charge on any atom is -0.398 e. The van der Waals surface area contributed by atoms with E-state index >= 15 is 0 Å². The van der Waals surface area contributed by atoms with Crippen molar-refractivity contribution in [3.05, 3.63) is 46.7 Å². The Hall–Kier alpha value is -1.82. The highest BCUT2D eigenvalue weighted by Gasteiger charge is 2.24. The molecular formula is C12H15N3O6S2. The lowest BCUT2D eigenvalue weighted by Gasteiger charge is -2.15.